The van der Waals surface area contributed by atoms with Crippen molar-refractivity contribution in [3.8, 4) is 5.69 Å². The third-order valence-electron chi connectivity index (χ3n) is 4.88. The lowest BCUT2D eigenvalue weighted by Gasteiger charge is -2.43. The van der Waals surface area contributed by atoms with E-state index in [1.807, 2.05) is 39.8 Å². The third-order valence-corrected chi connectivity index (χ3v) is 4.88. The van der Waals surface area contributed by atoms with Crippen molar-refractivity contribution >= 4 is 5.91 Å². The highest BCUT2D eigenvalue weighted by molar-refractivity contribution is 5.93. The first kappa shape index (κ1) is 14.5. The van der Waals surface area contributed by atoms with Gasteiger partial charge in [-0.1, -0.05) is 31.0 Å². The van der Waals surface area contributed by atoms with Gasteiger partial charge < -0.3 is 9.64 Å². The average molecular weight is 311 g/mol. The zero-order valence-electron chi connectivity index (χ0n) is 13.1. The zero-order valence-corrected chi connectivity index (χ0v) is 13.1. The Kier molecular flexibility index (Phi) is 3.87. The predicted molar refractivity (Wildman–Crippen MR) is 86.6 cm³/mol. The Hall–Kier alpha value is -2.14. The quantitative estimate of drug-likeness (QED) is 0.856. The molecule has 2 heterocycles. The van der Waals surface area contributed by atoms with Gasteiger partial charge in [-0.2, -0.15) is 0 Å². The molecule has 1 aliphatic carbocycles. The maximum atomic E-state index is 13.1. The van der Waals surface area contributed by atoms with Gasteiger partial charge in [-0.3, -0.25) is 9.36 Å². The molecule has 1 saturated heterocycles. The van der Waals surface area contributed by atoms with E-state index in [1.165, 1.54) is 12.8 Å². The van der Waals surface area contributed by atoms with Crippen LogP contribution in [0.4, 0.5) is 0 Å². The van der Waals surface area contributed by atoms with Crippen molar-refractivity contribution in [1.82, 2.24) is 14.5 Å². The van der Waals surface area contributed by atoms with Gasteiger partial charge in [-0.25, -0.2) is 4.98 Å². The smallest absolute Gasteiger partial charge is 0.272 e. The minimum Gasteiger partial charge on any atom is -0.374 e. The summed E-state index contributed by atoms with van der Waals surface area (Å²) in [5, 5.41) is 0. The summed E-state index contributed by atoms with van der Waals surface area (Å²) in [6.07, 6.45) is 8.05. The lowest BCUT2D eigenvalue weighted by molar-refractivity contribution is -0.0754. The van der Waals surface area contributed by atoms with Gasteiger partial charge in [0.05, 0.1) is 31.3 Å². The van der Waals surface area contributed by atoms with Crippen molar-refractivity contribution in [2.45, 2.75) is 37.8 Å². The number of amides is 1. The Bertz CT molecular complexity index is 681. The standard InChI is InChI=1S/C18H21N3O2/c22-18(20-10-11-23-17-9-5-4-8-15(17)20)16-12-19-13-21(16)14-6-2-1-3-7-14/h1-3,6-7,12-13,15,17H,4-5,8-11H2/t15-,17-/m0/s1. The minimum absolute atomic E-state index is 0.0616. The van der Waals surface area contributed by atoms with E-state index in [0.717, 1.165) is 18.5 Å². The van der Waals surface area contributed by atoms with Crippen LogP contribution >= 0.6 is 0 Å². The molecule has 1 amide bonds. The van der Waals surface area contributed by atoms with Gasteiger partial charge in [-0.05, 0) is 25.0 Å². The highest BCUT2D eigenvalue weighted by Gasteiger charge is 2.37. The van der Waals surface area contributed by atoms with Gasteiger partial charge in [0, 0.05) is 12.2 Å². The number of nitrogens with zero attached hydrogens (tertiary/aromatic N) is 3. The van der Waals surface area contributed by atoms with Crippen molar-refractivity contribution < 1.29 is 9.53 Å². The molecule has 1 aliphatic heterocycles. The number of rotatable bonds is 2. The molecule has 0 unspecified atom stereocenters. The fraction of sp³-hybridized carbons (Fsp3) is 0.444. The van der Waals surface area contributed by atoms with E-state index in [9.17, 15) is 4.79 Å². The molecule has 4 rings (SSSR count). The van der Waals surface area contributed by atoms with Gasteiger partial charge in [0.1, 0.15) is 5.69 Å². The van der Waals surface area contributed by atoms with Crippen LogP contribution in [0.5, 0.6) is 0 Å². The number of morpholine rings is 1. The Labute approximate surface area is 135 Å². The Balaban J connectivity index is 1.63. The van der Waals surface area contributed by atoms with E-state index in [1.54, 1.807) is 12.5 Å². The topological polar surface area (TPSA) is 47.4 Å². The number of ether oxygens (including phenoxy) is 1. The summed E-state index contributed by atoms with van der Waals surface area (Å²) in [6.45, 7) is 1.30. The molecule has 23 heavy (non-hydrogen) atoms. The SMILES string of the molecule is O=C(c1cncn1-c1ccccc1)N1CCO[C@H]2CCCC[C@@H]21. The van der Waals surface area contributed by atoms with Crippen LogP contribution < -0.4 is 0 Å². The first-order valence-corrected chi connectivity index (χ1v) is 8.35. The van der Waals surface area contributed by atoms with Gasteiger partial charge in [0.15, 0.2) is 0 Å². The van der Waals surface area contributed by atoms with Crippen molar-refractivity contribution in [2.75, 3.05) is 13.2 Å². The van der Waals surface area contributed by atoms with Crippen LogP contribution in [0.2, 0.25) is 0 Å². The molecular formula is C18H21N3O2. The highest BCUT2D eigenvalue weighted by Crippen LogP contribution is 2.29. The van der Waals surface area contributed by atoms with E-state index >= 15 is 0 Å². The maximum Gasteiger partial charge on any atom is 0.272 e. The summed E-state index contributed by atoms with van der Waals surface area (Å²) < 4.78 is 7.75. The number of benzene rings is 1. The predicted octanol–water partition coefficient (Wildman–Crippen LogP) is 2.66. The third kappa shape index (κ3) is 2.65. The number of carbonyl (C=O) groups excluding carboxylic acids is 1. The Morgan fingerprint density at radius 3 is 2.87 bits per heavy atom. The van der Waals surface area contributed by atoms with E-state index in [2.05, 4.69) is 4.98 Å². The van der Waals surface area contributed by atoms with E-state index < -0.39 is 0 Å². The van der Waals surface area contributed by atoms with Gasteiger partial charge in [0.25, 0.3) is 5.91 Å². The van der Waals surface area contributed by atoms with Crippen molar-refractivity contribution in [3.63, 3.8) is 0 Å². The minimum atomic E-state index is 0.0616. The van der Waals surface area contributed by atoms with Gasteiger partial charge >= 0.3 is 0 Å². The largest absolute Gasteiger partial charge is 0.374 e. The molecule has 1 saturated carbocycles. The van der Waals surface area contributed by atoms with Crippen LogP contribution in [0.1, 0.15) is 36.2 Å². The molecule has 120 valence electrons. The lowest BCUT2D eigenvalue weighted by atomic mass is 9.90. The number of hydrogen-bond donors (Lipinski definition) is 0. The average Bonchev–Trinajstić information content (AvgIpc) is 3.11. The van der Waals surface area contributed by atoms with Crippen LogP contribution in [-0.2, 0) is 4.74 Å². The molecule has 0 N–H and O–H groups in total. The molecule has 5 nitrogen and oxygen atoms in total. The molecule has 1 aromatic heterocycles. The second-order valence-corrected chi connectivity index (χ2v) is 6.24. The zero-order chi connectivity index (χ0) is 15.6. The molecular weight excluding hydrogens is 290 g/mol. The second-order valence-electron chi connectivity index (χ2n) is 6.24. The molecule has 0 bridgehead atoms. The van der Waals surface area contributed by atoms with Gasteiger partial charge in [-0.15, -0.1) is 0 Å². The van der Waals surface area contributed by atoms with Crippen LogP contribution in [0.15, 0.2) is 42.9 Å². The molecule has 0 radical (unpaired) electrons. The summed E-state index contributed by atoms with van der Waals surface area (Å²) in [5.74, 6) is 0.0616. The summed E-state index contributed by atoms with van der Waals surface area (Å²) in [4.78, 5) is 19.3. The molecule has 2 aromatic rings. The molecule has 2 atom stereocenters. The summed E-state index contributed by atoms with van der Waals surface area (Å²) in [6, 6.07) is 10.1. The summed E-state index contributed by atoms with van der Waals surface area (Å²) in [7, 11) is 0. The fourth-order valence-corrected chi connectivity index (χ4v) is 3.74. The fourth-order valence-electron chi connectivity index (χ4n) is 3.74. The molecule has 2 fully saturated rings. The number of fused-ring (bicyclic) bond motifs is 1. The molecule has 2 aliphatic rings. The molecule has 5 heteroatoms. The van der Waals surface area contributed by atoms with Crippen molar-refractivity contribution in [2.24, 2.45) is 0 Å². The van der Waals surface area contributed by atoms with E-state index in [4.69, 9.17) is 4.74 Å². The first-order valence-electron chi connectivity index (χ1n) is 8.35. The molecule has 1 aromatic carbocycles. The maximum absolute atomic E-state index is 13.1. The van der Waals surface area contributed by atoms with Gasteiger partial charge in [0.2, 0.25) is 0 Å². The number of imidazole rings is 1. The van der Waals surface area contributed by atoms with E-state index in [-0.39, 0.29) is 18.1 Å². The monoisotopic (exact) mass is 311 g/mol. The van der Waals surface area contributed by atoms with Crippen LogP contribution in [0.3, 0.4) is 0 Å². The normalized spacial score (nSPS) is 24.3. The van der Waals surface area contributed by atoms with E-state index in [0.29, 0.717) is 18.8 Å². The number of para-hydroxylation sites is 1. The van der Waals surface area contributed by atoms with Crippen molar-refractivity contribution in [1.29, 1.82) is 0 Å². The Morgan fingerprint density at radius 2 is 2.00 bits per heavy atom. The Morgan fingerprint density at radius 1 is 1.17 bits per heavy atom. The highest BCUT2D eigenvalue weighted by atomic mass is 16.5. The summed E-state index contributed by atoms with van der Waals surface area (Å²) >= 11 is 0. The number of hydrogen-bond acceptors (Lipinski definition) is 3. The first-order chi connectivity index (χ1) is 11.3. The summed E-state index contributed by atoms with van der Waals surface area (Å²) in [5.41, 5.74) is 1.59. The second kappa shape index (κ2) is 6.16. The van der Waals surface area contributed by atoms with Crippen molar-refractivity contribution in [3.05, 3.63) is 48.5 Å². The number of carbonyl (C=O) groups is 1. The molecule has 0 spiro atoms. The van der Waals surface area contributed by atoms with Crippen LogP contribution in [-0.4, -0.2) is 45.7 Å². The lowest BCUT2D eigenvalue weighted by Crippen LogP contribution is -2.55. The van der Waals surface area contributed by atoms with Crippen LogP contribution in [0, 0.1) is 0 Å². The number of aromatic nitrogens is 2. The van der Waals surface area contributed by atoms with Crippen LogP contribution in [0.25, 0.3) is 5.69 Å².